The zero-order chi connectivity index (χ0) is 16.9. The van der Waals surface area contributed by atoms with E-state index >= 15 is 0 Å². The highest BCUT2D eigenvalue weighted by Gasteiger charge is 2.28. The third-order valence-corrected chi connectivity index (χ3v) is 4.30. The molecule has 0 amide bonds. The van der Waals surface area contributed by atoms with Gasteiger partial charge in [0, 0.05) is 24.3 Å². The Morgan fingerprint density at radius 1 is 1.21 bits per heavy atom. The maximum Gasteiger partial charge on any atom is 0.325 e. The van der Waals surface area contributed by atoms with Crippen LogP contribution in [-0.2, 0) is 6.54 Å². The van der Waals surface area contributed by atoms with Crippen molar-refractivity contribution < 1.29 is 0 Å². The van der Waals surface area contributed by atoms with Crippen molar-refractivity contribution in [3.8, 4) is 0 Å². The molecule has 0 fully saturated rings. The molecule has 0 unspecified atom stereocenters. The largest absolute Gasteiger partial charge is 0.325 e. The molecule has 0 saturated carbocycles. The summed E-state index contributed by atoms with van der Waals surface area (Å²) in [6.07, 6.45) is 8.06. The summed E-state index contributed by atoms with van der Waals surface area (Å²) in [5.74, 6) is 0. The van der Waals surface area contributed by atoms with Gasteiger partial charge in [-0.2, -0.15) is 0 Å². The van der Waals surface area contributed by atoms with Crippen molar-refractivity contribution in [3.05, 3.63) is 93.3 Å². The number of aromatic amines is 2. The number of H-pyrrole nitrogens is 2. The lowest BCUT2D eigenvalue weighted by atomic mass is 9.94. The summed E-state index contributed by atoms with van der Waals surface area (Å²) >= 11 is 0. The number of nitrogens with zero attached hydrogens (tertiary/aromatic N) is 1. The lowest BCUT2D eigenvalue weighted by Crippen LogP contribution is -2.40. The Labute approximate surface area is 140 Å². The lowest BCUT2D eigenvalue weighted by molar-refractivity contribution is 0.139. The van der Waals surface area contributed by atoms with Gasteiger partial charge in [0.1, 0.15) is 0 Å². The Hall–Kier alpha value is -2.66. The van der Waals surface area contributed by atoms with Crippen LogP contribution < -0.4 is 11.2 Å². The predicted molar refractivity (Wildman–Crippen MR) is 94.8 cm³/mol. The molecule has 2 N–H and O–H groups in total. The predicted octanol–water partition coefficient (Wildman–Crippen LogP) is 2.51. The van der Waals surface area contributed by atoms with Crippen molar-refractivity contribution in [2.75, 3.05) is 0 Å². The molecule has 5 heteroatoms. The monoisotopic (exact) mass is 323 g/mol. The summed E-state index contributed by atoms with van der Waals surface area (Å²) in [7, 11) is 0. The second kappa shape index (κ2) is 7.27. The van der Waals surface area contributed by atoms with Crippen LogP contribution in [0.4, 0.5) is 0 Å². The van der Waals surface area contributed by atoms with Gasteiger partial charge >= 0.3 is 5.69 Å². The molecule has 2 heterocycles. The van der Waals surface area contributed by atoms with Crippen molar-refractivity contribution in [1.29, 1.82) is 0 Å². The first-order valence-electron chi connectivity index (χ1n) is 8.08. The van der Waals surface area contributed by atoms with Gasteiger partial charge in [0.15, 0.2) is 0 Å². The minimum absolute atomic E-state index is 0.104. The molecule has 3 rings (SSSR count). The number of rotatable bonds is 5. The summed E-state index contributed by atoms with van der Waals surface area (Å²) in [6, 6.07) is 12.1. The second-order valence-corrected chi connectivity index (χ2v) is 5.98. The van der Waals surface area contributed by atoms with Gasteiger partial charge in [0.2, 0.25) is 0 Å². The fraction of sp³-hybridized carbons (Fsp3) is 0.263. The molecule has 124 valence electrons. The average molecular weight is 323 g/mol. The van der Waals surface area contributed by atoms with E-state index in [2.05, 4.69) is 45.7 Å². The van der Waals surface area contributed by atoms with E-state index in [0.717, 1.165) is 12.8 Å². The molecule has 0 aliphatic carbocycles. The highest BCUT2D eigenvalue weighted by atomic mass is 16.2. The lowest BCUT2D eigenvalue weighted by Gasteiger charge is -2.39. The number of nitrogens with one attached hydrogen (secondary N) is 2. The van der Waals surface area contributed by atoms with E-state index < -0.39 is 5.69 Å². The second-order valence-electron chi connectivity index (χ2n) is 5.98. The molecule has 1 aliphatic heterocycles. The van der Waals surface area contributed by atoms with E-state index in [1.807, 2.05) is 24.3 Å². The van der Waals surface area contributed by atoms with Crippen molar-refractivity contribution >= 4 is 0 Å². The normalized spacial score (nSPS) is 20.8. The van der Waals surface area contributed by atoms with Gasteiger partial charge in [0.05, 0.1) is 6.04 Å². The topological polar surface area (TPSA) is 69.0 Å². The SMILES string of the molecule is C=CC[C@@H]1CC=C[C@@H](c2ccccc2)N1Cc1cc(=O)[nH]c(=O)[nH]1. The van der Waals surface area contributed by atoms with Gasteiger partial charge in [-0.25, -0.2) is 4.79 Å². The van der Waals surface area contributed by atoms with Crippen LogP contribution in [-0.4, -0.2) is 20.9 Å². The van der Waals surface area contributed by atoms with Crippen molar-refractivity contribution in [2.45, 2.75) is 31.5 Å². The summed E-state index contributed by atoms with van der Waals surface area (Å²) < 4.78 is 0. The van der Waals surface area contributed by atoms with Crippen LogP contribution in [0.5, 0.6) is 0 Å². The van der Waals surface area contributed by atoms with Gasteiger partial charge < -0.3 is 4.98 Å². The quantitative estimate of drug-likeness (QED) is 0.831. The first-order valence-corrected chi connectivity index (χ1v) is 8.08. The highest BCUT2D eigenvalue weighted by molar-refractivity contribution is 5.25. The highest BCUT2D eigenvalue weighted by Crippen LogP contribution is 2.32. The molecule has 0 radical (unpaired) electrons. The standard InChI is InChI=1S/C19H21N3O2/c1-2-7-16-10-6-11-17(14-8-4-3-5-9-14)22(16)13-15-12-18(23)21-19(24)20-15/h2-6,8-9,11-12,16-17H,1,7,10,13H2,(H2,20,21,23,24)/t16-,17+/m1/s1. The first-order chi connectivity index (χ1) is 11.7. The van der Waals surface area contributed by atoms with Crippen LogP contribution in [0.1, 0.15) is 30.1 Å². The van der Waals surface area contributed by atoms with Crippen LogP contribution >= 0.6 is 0 Å². The molecule has 24 heavy (non-hydrogen) atoms. The maximum atomic E-state index is 11.6. The smallest absolute Gasteiger partial charge is 0.310 e. The van der Waals surface area contributed by atoms with Crippen molar-refractivity contribution in [2.24, 2.45) is 0 Å². The van der Waals surface area contributed by atoms with Crippen LogP contribution in [0.25, 0.3) is 0 Å². The van der Waals surface area contributed by atoms with Crippen LogP contribution in [0, 0.1) is 0 Å². The number of hydrogen-bond acceptors (Lipinski definition) is 3. The Morgan fingerprint density at radius 3 is 2.71 bits per heavy atom. The van der Waals surface area contributed by atoms with Gasteiger partial charge in [-0.1, -0.05) is 48.6 Å². The average Bonchev–Trinajstić information content (AvgIpc) is 2.56. The summed E-state index contributed by atoms with van der Waals surface area (Å²) in [5, 5.41) is 0. The van der Waals surface area contributed by atoms with Crippen LogP contribution in [0.3, 0.4) is 0 Å². The number of aromatic nitrogens is 2. The van der Waals surface area contributed by atoms with Gasteiger partial charge in [-0.15, -0.1) is 6.58 Å². The Kier molecular flexibility index (Phi) is 4.91. The Bertz CT molecular complexity index is 807. The zero-order valence-corrected chi connectivity index (χ0v) is 13.4. The number of hydrogen-bond donors (Lipinski definition) is 2. The van der Waals surface area contributed by atoms with Crippen LogP contribution in [0.2, 0.25) is 0 Å². The maximum absolute atomic E-state index is 11.6. The molecule has 1 aromatic carbocycles. The van der Waals surface area contributed by atoms with Gasteiger partial charge in [0.25, 0.3) is 5.56 Å². The van der Waals surface area contributed by atoms with Crippen LogP contribution in [0.15, 0.2) is 70.8 Å². The fourth-order valence-corrected chi connectivity index (χ4v) is 3.24. The summed E-state index contributed by atoms with van der Waals surface area (Å²) in [4.78, 5) is 30.4. The molecule has 1 aliphatic rings. The molecule has 0 bridgehead atoms. The number of benzene rings is 1. The minimum atomic E-state index is -0.471. The Morgan fingerprint density at radius 2 is 2.00 bits per heavy atom. The fourth-order valence-electron chi connectivity index (χ4n) is 3.24. The van der Waals surface area contributed by atoms with E-state index in [0.29, 0.717) is 12.2 Å². The first kappa shape index (κ1) is 16.2. The summed E-state index contributed by atoms with van der Waals surface area (Å²) in [5.41, 5.74) is 0.961. The minimum Gasteiger partial charge on any atom is -0.310 e. The molecular weight excluding hydrogens is 302 g/mol. The van der Waals surface area contributed by atoms with E-state index in [1.54, 1.807) is 0 Å². The summed E-state index contributed by atoms with van der Waals surface area (Å²) in [6.45, 7) is 4.36. The molecule has 5 nitrogen and oxygen atoms in total. The molecule has 0 saturated heterocycles. The molecular formula is C19H21N3O2. The third kappa shape index (κ3) is 3.63. The Balaban J connectivity index is 1.96. The molecule has 2 aromatic rings. The third-order valence-electron chi connectivity index (χ3n) is 4.30. The van der Waals surface area contributed by atoms with E-state index in [9.17, 15) is 9.59 Å². The molecule has 2 atom stereocenters. The molecule has 0 spiro atoms. The van der Waals surface area contributed by atoms with Gasteiger partial charge in [-0.05, 0) is 18.4 Å². The van der Waals surface area contributed by atoms with Gasteiger partial charge in [-0.3, -0.25) is 14.7 Å². The van der Waals surface area contributed by atoms with Crippen molar-refractivity contribution in [1.82, 2.24) is 14.9 Å². The van der Waals surface area contributed by atoms with E-state index in [4.69, 9.17) is 0 Å². The molecule has 1 aromatic heterocycles. The van der Waals surface area contributed by atoms with E-state index in [-0.39, 0.29) is 17.6 Å². The van der Waals surface area contributed by atoms with E-state index in [1.165, 1.54) is 11.6 Å². The van der Waals surface area contributed by atoms with Crippen molar-refractivity contribution in [3.63, 3.8) is 0 Å². The zero-order valence-electron chi connectivity index (χ0n) is 13.4.